The summed E-state index contributed by atoms with van der Waals surface area (Å²) in [7, 11) is 0. The second kappa shape index (κ2) is 9.27. The SMILES string of the molecule is Cc1ccc(N2CCN(C(=O)c3nnn(-c4ccc(Cl)cc4)c3-c3cccnc3)CC2)c(C)c1. The van der Waals surface area contributed by atoms with E-state index in [-0.39, 0.29) is 5.91 Å². The van der Waals surface area contributed by atoms with Crippen molar-refractivity contribution in [3.05, 3.63) is 88.8 Å². The van der Waals surface area contributed by atoms with Gasteiger partial charge < -0.3 is 9.80 Å². The number of amides is 1. The highest BCUT2D eigenvalue weighted by Gasteiger charge is 2.29. The molecular weight excluding hydrogens is 448 g/mol. The molecule has 0 unspecified atom stereocenters. The van der Waals surface area contributed by atoms with Crippen molar-refractivity contribution < 1.29 is 4.79 Å². The van der Waals surface area contributed by atoms with Gasteiger partial charge in [0.25, 0.3) is 5.91 Å². The van der Waals surface area contributed by atoms with Gasteiger partial charge in [0.1, 0.15) is 5.69 Å². The van der Waals surface area contributed by atoms with Gasteiger partial charge in [-0.05, 0) is 61.9 Å². The highest BCUT2D eigenvalue weighted by Crippen LogP contribution is 2.27. The minimum Gasteiger partial charge on any atom is -0.368 e. The van der Waals surface area contributed by atoms with Gasteiger partial charge in [0.05, 0.1) is 5.69 Å². The third-order valence-electron chi connectivity index (χ3n) is 6.14. The van der Waals surface area contributed by atoms with Crippen LogP contribution in [-0.4, -0.2) is 57.0 Å². The summed E-state index contributed by atoms with van der Waals surface area (Å²) in [5.74, 6) is -0.126. The molecule has 2 aromatic heterocycles. The first kappa shape index (κ1) is 22.1. The summed E-state index contributed by atoms with van der Waals surface area (Å²) in [6.45, 7) is 7.00. The van der Waals surface area contributed by atoms with Gasteiger partial charge in [-0.25, -0.2) is 4.68 Å². The molecule has 0 bridgehead atoms. The van der Waals surface area contributed by atoms with E-state index in [0.717, 1.165) is 24.3 Å². The molecule has 1 aliphatic rings. The van der Waals surface area contributed by atoms with E-state index in [2.05, 4.69) is 52.2 Å². The molecule has 0 aliphatic carbocycles. The zero-order valence-electron chi connectivity index (χ0n) is 19.1. The minimum absolute atomic E-state index is 0.126. The third kappa shape index (κ3) is 4.26. The molecule has 2 aromatic carbocycles. The van der Waals surface area contributed by atoms with Gasteiger partial charge in [-0.2, -0.15) is 0 Å². The van der Waals surface area contributed by atoms with E-state index >= 15 is 0 Å². The fourth-order valence-corrected chi connectivity index (χ4v) is 4.54. The number of piperazine rings is 1. The van der Waals surface area contributed by atoms with Crippen molar-refractivity contribution in [2.24, 2.45) is 0 Å². The molecule has 8 heteroatoms. The predicted octanol–water partition coefficient (Wildman–Crippen LogP) is 4.56. The van der Waals surface area contributed by atoms with Crippen LogP contribution in [0.3, 0.4) is 0 Å². The number of aromatic nitrogens is 4. The zero-order chi connectivity index (χ0) is 23.7. The molecule has 7 nitrogen and oxygen atoms in total. The first-order valence-electron chi connectivity index (χ1n) is 11.2. The standard InChI is InChI=1S/C26H25ClN6O/c1-18-5-10-23(19(2)16-18)31-12-14-32(15-13-31)26(34)24-25(20-4-3-11-28-17-20)33(30-29-24)22-8-6-21(27)7-9-22/h3-11,16-17H,12-15H2,1-2H3. The molecule has 172 valence electrons. The molecule has 1 amide bonds. The van der Waals surface area contributed by atoms with Gasteiger partial charge in [-0.1, -0.05) is 34.5 Å². The van der Waals surface area contributed by atoms with Crippen LogP contribution in [0.1, 0.15) is 21.6 Å². The van der Waals surface area contributed by atoms with Crippen molar-refractivity contribution in [2.45, 2.75) is 13.8 Å². The van der Waals surface area contributed by atoms with Gasteiger partial charge in [0, 0.05) is 54.8 Å². The van der Waals surface area contributed by atoms with Gasteiger partial charge in [0.2, 0.25) is 0 Å². The summed E-state index contributed by atoms with van der Waals surface area (Å²) in [5.41, 5.74) is 6.23. The van der Waals surface area contributed by atoms with E-state index in [9.17, 15) is 4.79 Å². The van der Waals surface area contributed by atoms with Crippen molar-refractivity contribution in [3.63, 3.8) is 0 Å². The predicted molar refractivity (Wildman–Crippen MR) is 134 cm³/mol. The maximum atomic E-state index is 13.6. The average Bonchev–Trinajstić information content (AvgIpc) is 3.30. The topological polar surface area (TPSA) is 67.2 Å². The highest BCUT2D eigenvalue weighted by molar-refractivity contribution is 6.30. The Morgan fingerprint density at radius 2 is 1.74 bits per heavy atom. The Morgan fingerprint density at radius 1 is 0.971 bits per heavy atom. The Labute approximate surface area is 203 Å². The van der Waals surface area contributed by atoms with Gasteiger partial charge >= 0.3 is 0 Å². The van der Waals surface area contributed by atoms with E-state index in [1.54, 1.807) is 29.2 Å². The van der Waals surface area contributed by atoms with Crippen molar-refractivity contribution in [2.75, 3.05) is 31.1 Å². The van der Waals surface area contributed by atoms with Crippen molar-refractivity contribution in [1.29, 1.82) is 0 Å². The number of nitrogens with zero attached hydrogens (tertiary/aromatic N) is 6. The third-order valence-corrected chi connectivity index (χ3v) is 6.39. The fraction of sp³-hybridized carbons (Fsp3) is 0.231. The molecular formula is C26H25ClN6O. The van der Waals surface area contributed by atoms with Gasteiger partial charge in [-0.15, -0.1) is 5.10 Å². The van der Waals surface area contributed by atoms with E-state index in [1.807, 2.05) is 29.2 Å². The number of benzene rings is 2. The van der Waals surface area contributed by atoms with Gasteiger partial charge in [-0.3, -0.25) is 9.78 Å². The molecule has 1 fully saturated rings. The number of anilines is 1. The lowest BCUT2D eigenvalue weighted by Crippen LogP contribution is -2.49. The average molecular weight is 473 g/mol. The maximum absolute atomic E-state index is 13.6. The number of hydrogen-bond donors (Lipinski definition) is 0. The van der Waals surface area contributed by atoms with E-state index in [1.165, 1.54) is 16.8 Å². The lowest BCUT2D eigenvalue weighted by Gasteiger charge is -2.36. The molecule has 0 saturated carbocycles. The number of pyridine rings is 1. The molecule has 0 N–H and O–H groups in total. The summed E-state index contributed by atoms with van der Waals surface area (Å²) in [5, 5.41) is 9.27. The molecule has 5 rings (SSSR count). The van der Waals surface area contributed by atoms with Crippen molar-refractivity contribution in [3.8, 4) is 16.9 Å². The van der Waals surface area contributed by atoms with Gasteiger partial charge in [0.15, 0.2) is 5.69 Å². The summed E-state index contributed by atoms with van der Waals surface area (Å²) in [6, 6.07) is 17.5. The summed E-state index contributed by atoms with van der Waals surface area (Å²) in [4.78, 5) is 22.0. The van der Waals surface area contributed by atoms with Crippen molar-refractivity contribution in [1.82, 2.24) is 24.9 Å². The molecule has 4 aromatic rings. The van der Waals surface area contributed by atoms with E-state index in [0.29, 0.717) is 29.5 Å². The molecule has 1 saturated heterocycles. The van der Waals surface area contributed by atoms with Crippen LogP contribution >= 0.6 is 11.6 Å². The van der Waals surface area contributed by atoms with Crippen LogP contribution in [0.15, 0.2) is 67.0 Å². The fourth-order valence-electron chi connectivity index (χ4n) is 4.41. The van der Waals surface area contributed by atoms with Crippen LogP contribution in [0, 0.1) is 13.8 Å². The molecule has 0 atom stereocenters. The Bertz CT molecular complexity index is 1310. The Balaban J connectivity index is 1.42. The van der Waals surface area contributed by atoms with Crippen LogP contribution in [0.4, 0.5) is 5.69 Å². The molecule has 0 radical (unpaired) electrons. The monoisotopic (exact) mass is 472 g/mol. The summed E-state index contributed by atoms with van der Waals surface area (Å²) in [6.07, 6.45) is 3.42. The van der Waals surface area contributed by atoms with Crippen LogP contribution < -0.4 is 4.90 Å². The number of carbonyl (C=O) groups is 1. The first-order chi connectivity index (χ1) is 16.5. The lowest BCUT2D eigenvalue weighted by molar-refractivity contribution is 0.0741. The van der Waals surface area contributed by atoms with Crippen LogP contribution in [0.2, 0.25) is 5.02 Å². The lowest BCUT2D eigenvalue weighted by atomic mass is 10.1. The van der Waals surface area contributed by atoms with Crippen molar-refractivity contribution >= 4 is 23.2 Å². The number of halogens is 1. The number of aryl methyl sites for hydroxylation is 2. The Morgan fingerprint density at radius 3 is 2.41 bits per heavy atom. The molecule has 34 heavy (non-hydrogen) atoms. The molecule has 1 aliphatic heterocycles. The van der Waals surface area contributed by atoms with Crippen LogP contribution in [0.25, 0.3) is 16.9 Å². The Kier molecular flexibility index (Phi) is 6.02. The van der Waals surface area contributed by atoms with E-state index in [4.69, 9.17) is 11.6 Å². The summed E-state index contributed by atoms with van der Waals surface area (Å²) < 4.78 is 1.67. The summed E-state index contributed by atoms with van der Waals surface area (Å²) >= 11 is 6.07. The highest BCUT2D eigenvalue weighted by atomic mass is 35.5. The zero-order valence-corrected chi connectivity index (χ0v) is 19.9. The number of hydrogen-bond acceptors (Lipinski definition) is 5. The number of carbonyl (C=O) groups excluding carboxylic acids is 1. The number of rotatable bonds is 4. The quantitative estimate of drug-likeness (QED) is 0.435. The maximum Gasteiger partial charge on any atom is 0.276 e. The van der Waals surface area contributed by atoms with E-state index < -0.39 is 0 Å². The molecule has 3 heterocycles. The van der Waals surface area contributed by atoms with Crippen LogP contribution in [-0.2, 0) is 0 Å². The largest absolute Gasteiger partial charge is 0.368 e. The normalized spacial score (nSPS) is 13.9. The second-order valence-corrected chi connectivity index (χ2v) is 8.92. The smallest absolute Gasteiger partial charge is 0.276 e. The van der Waals surface area contributed by atoms with Crippen LogP contribution in [0.5, 0.6) is 0 Å². The first-order valence-corrected chi connectivity index (χ1v) is 11.6. The molecule has 0 spiro atoms. The second-order valence-electron chi connectivity index (χ2n) is 8.49. The minimum atomic E-state index is -0.126. The Hall–Kier alpha value is -3.71.